The van der Waals surface area contributed by atoms with Crippen LogP contribution in [0.25, 0.3) is 10.8 Å². The topological polar surface area (TPSA) is 41.5 Å². The first-order chi connectivity index (χ1) is 11.6. The Balaban J connectivity index is 1.74. The fourth-order valence-electron chi connectivity index (χ4n) is 2.62. The average Bonchev–Trinajstić information content (AvgIpc) is 2.60. The molecular weight excluding hydrogens is 320 g/mol. The van der Waals surface area contributed by atoms with Gasteiger partial charge in [0, 0.05) is 10.6 Å². The van der Waals surface area contributed by atoms with E-state index in [9.17, 15) is 4.79 Å². The number of hydrogen-bond acceptors (Lipinski definition) is 2. The van der Waals surface area contributed by atoms with Crippen molar-refractivity contribution in [1.82, 2.24) is 5.43 Å². The quantitative estimate of drug-likeness (QED) is 0.550. The molecule has 1 N–H and O–H groups in total. The lowest BCUT2D eigenvalue weighted by atomic mass is 10.0. The van der Waals surface area contributed by atoms with E-state index in [2.05, 4.69) is 10.5 Å². The van der Waals surface area contributed by atoms with E-state index in [0.717, 1.165) is 21.9 Å². The first-order valence-electron chi connectivity index (χ1n) is 7.70. The molecule has 0 aliphatic heterocycles. The Bertz CT molecular complexity index is 913. The average molecular weight is 337 g/mol. The fraction of sp³-hybridized carbons (Fsp3) is 0.100. The Morgan fingerprint density at radius 2 is 1.71 bits per heavy atom. The van der Waals surface area contributed by atoms with Crippen LogP contribution >= 0.6 is 11.6 Å². The molecule has 3 nitrogen and oxygen atoms in total. The largest absolute Gasteiger partial charge is 0.273 e. The van der Waals surface area contributed by atoms with E-state index in [-0.39, 0.29) is 12.3 Å². The van der Waals surface area contributed by atoms with Crippen LogP contribution in [-0.2, 0) is 11.2 Å². The minimum atomic E-state index is -0.155. The van der Waals surface area contributed by atoms with E-state index in [4.69, 9.17) is 11.6 Å². The lowest BCUT2D eigenvalue weighted by Crippen LogP contribution is -2.21. The molecular formula is C20H17ClN2O. The van der Waals surface area contributed by atoms with Crippen molar-refractivity contribution in [3.63, 3.8) is 0 Å². The monoisotopic (exact) mass is 336 g/mol. The third-order valence-electron chi connectivity index (χ3n) is 3.84. The van der Waals surface area contributed by atoms with Gasteiger partial charge in [0.15, 0.2) is 0 Å². The van der Waals surface area contributed by atoms with Crippen LogP contribution in [0.3, 0.4) is 0 Å². The van der Waals surface area contributed by atoms with E-state index in [1.54, 1.807) is 6.07 Å². The van der Waals surface area contributed by atoms with E-state index in [1.807, 2.05) is 67.6 Å². The van der Waals surface area contributed by atoms with Crippen LogP contribution in [0.15, 0.2) is 71.8 Å². The van der Waals surface area contributed by atoms with Gasteiger partial charge in [0.1, 0.15) is 0 Å². The molecule has 0 fully saturated rings. The summed E-state index contributed by atoms with van der Waals surface area (Å²) in [6, 6.07) is 21.4. The predicted molar refractivity (Wildman–Crippen MR) is 99.5 cm³/mol. The molecule has 0 aliphatic carbocycles. The molecule has 0 bridgehead atoms. The molecule has 4 heteroatoms. The van der Waals surface area contributed by atoms with Crippen LogP contribution in [0.4, 0.5) is 0 Å². The molecule has 0 radical (unpaired) electrons. The van der Waals surface area contributed by atoms with Gasteiger partial charge in [0.25, 0.3) is 0 Å². The fourth-order valence-corrected chi connectivity index (χ4v) is 2.89. The van der Waals surface area contributed by atoms with Gasteiger partial charge in [-0.15, -0.1) is 0 Å². The Kier molecular flexibility index (Phi) is 4.92. The number of carbonyl (C=O) groups excluding carboxylic acids is 1. The number of carbonyl (C=O) groups is 1. The number of hydrazone groups is 1. The van der Waals surface area contributed by atoms with Crippen molar-refractivity contribution in [3.05, 3.63) is 82.9 Å². The molecule has 1 amide bonds. The Labute approximate surface area is 146 Å². The van der Waals surface area contributed by atoms with Gasteiger partial charge in [-0.2, -0.15) is 5.10 Å². The van der Waals surface area contributed by atoms with Gasteiger partial charge in [-0.3, -0.25) is 4.79 Å². The van der Waals surface area contributed by atoms with Crippen molar-refractivity contribution < 1.29 is 4.79 Å². The number of benzene rings is 3. The standard InChI is InChI=1S/C20H17ClN2O/c1-14(17-10-4-5-12-19(17)21)22-23-20(24)13-16-9-6-8-15-7-2-3-11-18(15)16/h2-12H,13H2,1H3,(H,23,24). The summed E-state index contributed by atoms with van der Waals surface area (Å²) >= 11 is 6.14. The second-order valence-electron chi connectivity index (χ2n) is 5.53. The molecule has 0 spiro atoms. The maximum absolute atomic E-state index is 12.2. The number of amides is 1. The lowest BCUT2D eigenvalue weighted by molar-refractivity contribution is -0.120. The summed E-state index contributed by atoms with van der Waals surface area (Å²) in [5, 5.41) is 6.99. The van der Waals surface area contributed by atoms with Crippen molar-refractivity contribution in [2.45, 2.75) is 13.3 Å². The van der Waals surface area contributed by atoms with E-state index in [1.165, 1.54) is 0 Å². The van der Waals surface area contributed by atoms with E-state index < -0.39 is 0 Å². The Morgan fingerprint density at radius 1 is 1.00 bits per heavy atom. The second-order valence-corrected chi connectivity index (χ2v) is 5.93. The summed E-state index contributed by atoms with van der Waals surface area (Å²) in [7, 11) is 0. The predicted octanol–water partition coefficient (Wildman–Crippen LogP) is 4.58. The molecule has 3 rings (SSSR count). The summed E-state index contributed by atoms with van der Waals surface area (Å²) in [6.07, 6.45) is 0.278. The summed E-state index contributed by atoms with van der Waals surface area (Å²) in [6.45, 7) is 1.82. The van der Waals surface area contributed by atoms with E-state index in [0.29, 0.717) is 10.7 Å². The Morgan fingerprint density at radius 3 is 2.54 bits per heavy atom. The van der Waals surface area contributed by atoms with Crippen LogP contribution in [0, 0.1) is 0 Å². The number of rotatable bonds is 4. The van der Waals surface area contributed by atoms with Crippen LogP contribution in [0.2, 0.25) is 5.02 Å². The summed E-state index contributed by atoms with van der Waals surface area (Å²) in [5.74, 6) is -0.155. The van der Waals surface area contributed by atoms with Crippen molar-refractivity contribution in [2.24, 2.45) is 5.10 Å². The first kappa shape index (κ1) is 16.2. The van der Waals surface area contributed by atoms with Gasteiger partial charge >= 0.3 is 0 Å². The van der Waals surface area contributed by atoms with Gasteiger partial charge < -0.3 is 0 Å². The van der Waals surface area contributed by atoms with Crippen LogP contribution in [0.1, 0.15) is 18.1 Å². The van der Waals surface area contributed by atoms with Crippen LogP contribution in [0.5, 0.6) is 0 Å². The van der Waals surface area contributed by atoms with Gasteiger partial charge in [0.05, 0.1) is 12.1 Å². The van der Waals surface area contributed by atoms with Crippen molar-refractivity contribution in [2.75, 3.05) is 0 Å². The third kappa shape index (κ3) is 3.63. The van der Waals surface area contributed by atoms with Gasteiger partial charge in [0.2, 0.25) is 5.91 Å². The number of halogens is 1. The van der Waals surface area contributed by atoms with Crippen molar-refractivity contribution in [1.29, 1.82) is 0 Å². The van der Waals surface area contributed by atoms with Crippen molar-refractivity contribution >= 4 is 34.0 Å². The molecule has 0 unspecified atom stereocenters. The highest BCUT2D eigenvalue weighted by Crippen LogP contribution is 2.19. The SMILES string of the molecule is CC(=NNC(=O)Cc1cccc2ccccc12)c1ccccc1Cl. The van der Waals surface area contributed by atoms with Gasteiger partial charge in [-0.1, -0.05) is 72.3 Å². The molecule has 0 saturated heterocycles. The molecule has 0 heterocycles. The molecule has 24 heavy (non-hydrogen) atoms. The molecule has 3 aromatic rings. The number of fused-ring (bicyclic) bond motifs is 1. The molecule has 0 atom stereocenters. The normalized spacial score (nSPS) is 11.5. The van der Waals surface area contributed by atoms with Crippen molar-refractivity contribution in [3.8, 4) is 0 Å². The van der Waals surface area contributed by atoms with E-state index >= 15 is 0 Å². The first-order valence-corrected chi connectivity index (χ1v) is 8.07. The smallest absolute Gasteiger partial charge is 0.244 e. The maximum Gasteiger partial charge on any atom is 0.244 e. The minimum absolute atomic E-state index is 0.155. The molecule has 0 aliphatic rings. The van der Waals surface area contributed by atoms with Gasteiger partial charge in [-0.25, -0.2) is 5.43 Å². The van der Waals surface area contributed by atoms with Crippen LogP contribution in [-0.4, -0.2) is 11.6 Å². The Hall–Kier alpha value is -2.65. The zero-order valence-electron chi connectivity index (χ0n) is 13.3. The minimum Gasteiger partial charge on any atom is -0.273 e. The highest BCUT2D eigenvalue weighted by Gasteiger charge is 2.07. The molecule has 0 saturated carbocycles. The molecule has 3 aromatic carbocycles. The third-order valence-corrected chi connectivity index (χ3v) is 4.17. The highest BCUT2D eigenvalue weighted by molar-refractivity contribution is 6.34. The molecule has 120 valence electrons. The highest BCUT2D eigenvalue weighted by atomic mass is 35.5. The number of hydrogen-bond donors (Lipinski definition) is 1. The summed E-state index contributed by atoms with van der Waals surface area (Å²) in [5.41, 5.74) is 5.08. The zero-order valence-corrected chi connectivity index (χ0v) is 14.0. The second kappa shape index (κ2) is 7.28. The number of nitrogens with one attached hydrogen (secondary N) is 1. The van der Waals surface area contributed by atoms with Crippen LogP contribution < -0.4 is 5.43 Å². The lowest BCUT2D eigenvalue weighted by Gasteiger charge is -2.07. The number of nitrogens with zero attached hydrogens (tertiary/aromatic N) is 1. The van der Waals surface area contributed by atoms with Gasteiger partial charge in [-0.05, 0) is 29.3 Å². The zero-order chi connectivity index (χ0) is 16.9. The molecule has 0 aromatic heterocycles. The summed E-state index contributed by atoms with van der Waals surface area (Å²) < 4.78 is 0. The summed E-state index contributed by atoms with van der Waals surface area (Å²) in [4.78, 5) is 12.2. The maximum atomic E-state index is 12.2.